The smallest absolute Gasteiger partial charge is 0.0100 e. The van der Waals surface area contributed by atoms with Crippen LogP contribution in [0.1, 0.15) is 91.5 Å². The van der Waals surface area contributed by atoms with Gasteiger partial charge in [-0.2, -0.15) is 0 Å². The monoisotopic (exact) mass is 288 g/mol. The molecule has 0 saturated carbocycles. The van der Waals surface area contributed by atoms with Gasteiger partial charge in [-0.3, -0.25) is 0 Å². The molecule has 0 aliphatic carbocycles. The fourth-order valence-corrected chi connectivity index (χ4v) is 3.89. The highest BCUT2D eigenvalue weighted by Gasteiger charge is 2.38. The summed E-state index contributed by atoms with van der Waals surface area (Å²) >= 11 is 0. The summed E-state index contributed by atoms with van der Waals surface area (Å²) in [5.74, 6) is 0.684. The van der Waals surface area contributed by atoms with Gasteiger partial charge in [0.25, 0.3) is 0 Å². The second-order valence-corrected chi connectivity index (χ2v) is 7.11. The van der Waals surface area contributed by atoms with Crippen LogP contribution in [-0.2, 0) is 0 Å². The van der Waals surface area contributed by atoms with Crippen molar-refractivity contribution in [2.45, 2.75) is 86.0 Å². The highest BCUT2D eigenvalue weighted by Crippen LogP contribution is 2.51. The van der Waals surface area contributed by atoms with E-state index >= 15 is 0 Å². The fourth-order valence-electron chi connectivity index (χ4n) is 3.89. The normalized spacial score (nSPS) is 14.2. The molecule has 0 spiro atoms. The molecule has 0 aromatic heterocycles. The Morgan fingerprint density at radius 3 is 1.62 bits per heavy atom. The van der Waals surface area contributed by atoms with Crippen LogP contribution in [0.15, 0.2) is 30.3 Å². The van der Waals surface area contributed by atoms with Gasteiger partial charge in [0.15, 0.2) is 0 Å². The molecule has 1 unspecified atom stereocenters. The molecule has 0 bridgehead atoms. The van der Waals surface area contributed by atoms with Gasteiger partial charge in [0, 0.05) is 0 Å². The van der Waals surface area contributed by atoms with E-state index in [1.54, 1.807) is 5.56 Å². The van der Waals surface area contributed by atoms with E-state index in [0.29, 0.717) is 16.7 Å². The minimum Gasteiger partial charge on any atom is -0.0649 e. The van der Waals surface area contributed by atoms with Gasteiger partial charge in [0.05, 0.1) is 0 Å². The van der Waals surface area contributed by atoms with Crippen molar-refractivity contribution in [3.63, 3.8) is 0 Å². The van der Waals surface area contributed by atoms with Gasteiger partial charge in [-0.15, -0.1) is 0 Å². The summed E-state index contributed by atoms with van der Waals surface area (Å²) in [6.45, 7) is 14.4. The number of benzene rings is 1. The number of hydrogen-bond acceptors (Lipinski definition) is 0. The maximum absolute atomic E-state index is 2.48. The first-order valence-corrected chi connectivity index (χ1v) is 9.05. The maximum Gasteiger partial charge on any atom is -0.0100 e. The Labute approximate surface area is 133 Å². The van der Waals surface area contributed by atoms with Crippen LogP contribution < -0.4 is 0 Å². The van der Waals surface area contributed by atoms with E-state index in [4.69, 9.17) is 0 Å². The lowest BCUT2D eigenvalue weighted by atomic mass is 9.61. The van der Waals surface area contributed by atoms with E-state index in [1.165, 1.54) is 38.5 Å². The molecule has 0 nitrogen and oxygen atoms in total. The average Bonchev–Trinajstić information content (AvgIpc) is 2.56. The molecule has 0 amide bonds. The molecule has 0 fully saturated rings. The van der Waals surface area contributed by atoms with Crippen molar-refractivity contribution in [2.24, 2.45) is 10.8 Å². The molecule has 1 aromatic carbocycles. The summed E-state index contributed by atoms with van der Waals surface area (Å²) in [5, 5.41) is 0. The van der Waals surface area contributed by atoms with Crippen LogP contribution in [0.3, 0.4) is 0 Å². The zero-order valence-electron chi connectivity index (χ0n) is 15.2. The van der Waals surface area contributed by atoms with Crippen LogP contribution in [0.5, 0.6) is 0 Å². The van der Waals surface area contributed by atoms with Crippen LogP contribution in [-0.4, -0.2) is 0 Å². The second-order valence-electron chi connectivity index (χ2n) is 7.11. The zero-order chi connectivity index (χ0) is 15.9. The molecular weight excluding hydrogens is 252 g/mol. The van der Waals surface area contributed by atoms with Gasteiger partial charge >= 0.3 is 0 Å². The van der Waals surface area contributed by atoms with Gasteiger partial charge < -0.3 is 0 Å². The highest BCUT2D eigenvalue weighted by atomic mass is 14.4. The molecule has 1 atom stereocenters. The Bertz CT molecular complexity index is 373. The van der Waals surface area contributed by atoms with Crippen LogP contribution in [0.25, 0.3) is 0 Å². The van der Waals surface area contributed by atoms with Gasteiger partial charge in [-0.1, -0.05) is 84.7 Å². The second kappa shape index (κ2) is 8.01. The summed E-state index contributed by atoms with van der Waals surface area (Å²) in [6, 6.07) is 11.3. The Hall–Kier alpha value is -0.780. The first-order valence-electron chi connectivity index (χ1n) is 9.05. The fraction of sp³-hybridized carbons (Fsp3) is 0.714. The summed E-state index contributed by atoms with van der Waals surface area (Å²) in [6.07, 6.45) is 7.72. The van der Waals surface area contributed by atoms with Crippen molar-refractivity contribution < 1.29 is 0 Å². The van der Waals surface area contributed by atoms with E-state index in [-0.39, 0.29) is 0 Å². The maximum atomic E-state index is 2.48. The Morgan fingerprint density at radius 2 is 1.24 bits per heavy atom. The lowest BCUT2D eigenvalue weighted by Crippen LogP contribution is -2.31. The minimum atomic E-state index is 0.451. The molecule has 21 heavy (non-hydrogen) atoms. The quantitative estimate of drug-likeness (QED) is 0.450. The number of hydrogen-bond donors (Lipinski definition) is 0. The molecule has 0 aliphatic rings. The van der Waals surface area contributed by atoms with E-state index in [9.17, 15) is 0 Å². The molecule has 0 heteroatoms. The van der Waals surface area contributed by atoms with Crippen molar-refractivity contribution in [2.75, 3.05) is 0 Å². The standard InChI is InChI=1S/C21H36/c1-7-20(6,8-2)17-19(18-15-13-12-14-16-18)21(9-3,10-4)11-5/h12-16,19H,7-11,17H2,1-6H3. The van der Waals surface area contributed by atoms with Crippen LogP contribution in [0.4, 0.5) is 0 Å². The first kappa shape index (κ1) is 18.3. The third kappa shape index (κ3) is 4.11. The van der Waals surface area contributed by atoms with Crippen molar-refractivity contribution in [3.05, 3.63) is 35.9 Å². The third-order valence-electron chi connectivity index (χ3n) is 6.46. The molecular formula is C21H36. The molecule has 120 valence electrons. The highest BCUT2D eigenvalue weighted by molar-refractivity contribution is 5.23. The SMILES string of the molecule is CCC(C)(CC)CC(c1ccccc1)C(CC)(CC)CC. The molecule has 0 N–H and O–H groups in total. The summed E-state index contributed by atoms with van der Waals surface area (Å²) < 4.78 is 0. The molecule has 0 heterocycles. The van der Waals surface area contributed by atoms with Gasteiger partial charge in [0.2, 0.25) is 0 Å². The molecule has 1 rings (SSSR count). The van der Waals surface area contributed by atoms with Crippen molar-refractivity contribution in [3.8, 4) is 0 Å². The topological polar surface area (TPSA) is 0 Å². The Balaban J connectivity index is 3.23. The zero-order valence-corrected chi connectivity index (χ0v) is 15.2. The van der Waals surface area contributed by atoms with Crippen LogP contribution in [0, 0.1) is 10.8 Å². The summed E-state index contributed by atoms with van der Waals surface area (Å²) in [4.78, 5) is 0. The van der Waals surface area contributed by atoms with Gasteiger partial charge in [-0.05, 0) is 48.0 Å². The van der Waals surface area contributed by atoms with Crippen LogP contribution >= 0.6 is 0 Å². The minimum absolute atomic E-state index is 0.451. The van der Waals surface area contributed by atoms with E-state index in [2.05, 4.69) is 71.9 Å². The Kier molecular flexibility index (Phi) is 6.97. The third-order valence-corrected chi connectivity index (χ3v) is 6.46. The predicted octanol–water partition coefficient (Wildman–Crippen LogP) is 7.20. The number of rotatable bonds is 9. The predicted molar refractivity (Wildman–Crippen MR) is 95.8 cm³/mol. The van der Waals surface area contributed by atoms with Crippen molar-refractivity contribution in [1.29, 1.82) is 0 Å². The molecule has 1 aromatic rings. The van der Waals surface area contributed by atoms with E-state index in [1.807, 2.05) is 0 Å². The van der Waals surface area contributed by atoms with Gasteiger partial charge in [0.1, 0.15) is 0 Å². The summed E-state index contributed by atoms with van der Waals surface area (Å²) in [7, 11) is 0. The lowest BCUT2D eigenvalue weighted by molar-refractivity contribution is 0.128. The summed E-state index contributed by atoms with van der Waals surface area (Å²) in [5.41, 5.74) is 2.47. The van der Waals surface area contributed by atoms with Gasteiger partial charge in [-0.25, -0.2) is 0 Å². The first-order chi connectivity index (χ1) is 10.0. The molecule has 0 saturated heterocycles. The van der Waals surface area contributed by atoms with Crippen molar-refractivity contribution in [1.82, 2.24) is 0 Å². The van der Waals surface area contributed by atoms with Crippen LogP contribution in [0.2, 0.25) is 0 Å². The Morgan fingerprint density at radius 1 is 0.762 bits per heavy atom. The van der Waals surface area contributed by atoms with E-state index in [0.717, 1.165) is 0 Å². The average molecular weight is 289 g/mol. The van der Waals surface area contributed by atoms with Crippen molar-refractivity contribution >= 4 is 0 Å². The molecule has 0 radical (unpaired) electrons. The lowest BCUT2D eigenvalue weighted by Gasteiger charge is -2.44. The molecule has 0 aliphatic heterocycles. The largest absolute Gasteiger partial charge is 0.0649 e. The van der Waals surface area contributed by atoms with E-state index < -0.39 is 0 Å².